The highest BCUT2D eigenvalue weighted by Crippen LogP contribution is 2.14. The van der Waals surface area contributed by atoms with E-state index in [0.717, 1.165) is 5.69 Å². The standard InChI is InChI=1S/C10H17N3O/c1-7(2)13-9(4-8(3)14)10-5-11-6-12-10/h5-7,9,13H,4H2,1-3H3,(H,11,12). The van der Waals surface area contributed by atoms with Crippen LogP contribution in [0.1, 0.15) is 38.9 Å². The lowest BCUT2D eigenvalue weighted by molar-refractivity contribution is -0.117. The van der Waals surface area contributed by atoms with Crippen molar-refractivity contribution in [2.45, 2.75) is 39.3 Å². The van der Waals surface area contributed by atoms with E-state index in [4.69, 9.17) is 0 Å². The first-order chi connectivity index (χ1) is 6.59. The molecule has 78 valence electrons. The molecule has 0 aliphatic carbocycles. The number of nitrogens with one attached hydrogen (secondary N) is 2. The Morgan fingerprint density at radius 1 is 1.64 bits per heavy atom. The molecule has 0 aliphatic rings. The first-order valence-electron chi connectivity index (χ1n) is 4.83. The average molecular weight is 195 g/mol. The number of nitrogens with zero attached hydrogens (tertiary/aromatic N) is 1. The van der Waals surface area contributed by atoms with Crippen LogP contribution in [-0.4, -0.2) is 21.8 Å². The number of Topliss-reactive ketones (excluding diaryl/α,β-unsaturated/α-hetero) is 1. The second-order valence-electron chi connectivity index (χ2n) is 3.79. The van der Waals surface area contributed by atoms with E-state index in [1.807, 2.05) is 0 Å². The Morgan fingerprint density at radius 3 is 2.79 bits per heavy atom. The maximum absolute atomic E-state index is 11.1. The molecule has 4 nitrogen and oxygen atoms in total. The monoisotopic (exact) mass is 195 g/mol. The molecule has 0 aliphatic heterocycles. The van der Waals surface area contributed by atoms with Crippen molar-refractivity contribution in [1.82, 2.24) is 15.3 Å². The summed E-state index contributed by atoms with van der Waals surface area (Å²) >= 11 is 0. The topological polar surface area (TPSA) is 57.8 Å². The van der Waals surface area contributed by atoms with Crippen LogP contribution in [0.15, 0.2) is 12.5 Å². The van der Waals surface area contributed by atoms with Gasteiger partial charge < -0.3 is 10.3 Å². The number of rotatable bonds is 5. The minimum atomic E-state index is 0.0509. The Labute approximate surface area is 84.1 Å². The number of hydrogen-bond acceptors (Lipinski definition) is 3. The molecular weight excluding hydrogens is 178 g/mol. The molecule has 1 heterocycles. The Morgan fingerprint density at radius 2 is 2.36 bits per heavy atom. The molecule has 0 saturated heterocycles. The van der Waals surface area contributed by atoms with Gasteiger partial charge in [-0.15, -0.1) is 0 Å². The predicted octanol–water partition coefficient (Wildman–Crippen LogP) is 1.43. The van der Waals surface area contributed by atoms with Gasteiger partial charge in [0, 0.05) is 18.7 Å². The van der Waals surface area contributed by atoms with E-state index in [1.165, 1.54) is 0 Å². The van der Waals surface area contributed by atoms with Crippen LogP contribution in [0.4, 0.5) is 0 Å². The lowest BCUT2D eigenvalue weighted by Gasteiger charge is -2.18. The third kappa shape index (κ3) is 3.30. The summed E-state index contributed by atoms with van der Waals surface area (Å²) in [6, 6.07) is 0.401. The molecule has 4 heteroatoms. The molecule has 1 aromatic rings. The van der Waals surface area contributed by atoms with Crippen LogP contribution in [0.5, 0.6) is 0 Å². The van der Waals surface area contributed by atoms with E-state index in [1.54, 1.807) is 19.4 Å². The molecule has 14 heavy (non-hydrogen) atoms. The van der Waals surface area contributed by atoms with Crippen molar-refractivity contribution in [1.29, 1.82) is 0 Å². The van der Waals surface area contributed by atoms with Gasteiger partial charge in [-0.1, -0.05) is 13.8 Å². The summed E-state index contributed by atoms with van der Waals surface area (Å²) in [4.78, 5) is 18.0. The summed E-state index contributed by atoms with van der Waals surface area (Å²) in [7, 11) is 0. The summed E-state index contributed by atoms with van der Waals surface area (Å²) < 4.78 is 0. The summed E-state index contributed by atoms with van der Waals surface area (Å²) in [6.07, 6.45) is 3.88. The number of hydrogen-bond donors (Lipinski definition) is 2. The van der Waals surface area contributed by atoms with Gasteiger partial charge in [0.15, 0.2) is 0 Å². The van der Waals surface area contributed by atoms with Gasteiger partial charge in [-0.3, -0.25) is 4.79 Å². The van der Waals surface area contributed by atoms with Crippen LogP contribution in [0.25, 0.3) is 0 Å². The molecule has 1 atom stereocenters. The van der Waals surface area contributed by atoms with Gasteiger partial charge in [0.25, 0.3) is 0 Å². The highest BCUT2D eigenvalue weighted by atomic mass is 16.1. The maximum Gasteiger partial charge on any atom is 0.131 e. The zero-order chi connectivity index (χ0) is 10.6. The molecular formula is C10H17N3O. The second kappa shape index (κ2) is 4.91. The summed E-state index contributed by atoms with van der Waals surface area (Å²) in [5, 5.41) is 3.32. The van der Waals surface area contributed by atoms with Gasteiger partial charge in [-0.05, 0) is 6.92 Å². The third-order valence-corrected chi connectivity index (χ3v) is 1.92. The van der Waals surface area contributed by atoms with Gasteiger partial charge in [-0.25, -0.2) is 4.98 Å². The van der Waals surface area contributed by atoms with Crippen molar-refractivity contribution in [2.24, 2.45) is 0 Å². The smallest absolute Gasteiger partial charge is 0.131 e. The van der Waals surface area contributed by atoms with Crippen LogP contribution in [0, 0.1) is 0 Å². The molecule has 0 bridgehead atoms. The minimum absolute atomic E-state index is 0.0509. The highest BCUT2D eigenvalue weighted by molar-refractivity contribution is 5.76. The fourth-order valence-corrected chi connectivity index (χ4v) is 1.41. The molecule has 0 radical (unpaired) electrons. The number of imidazole rings is 1. The Hall–Kier alpha value is -1.16. The molecule has 0 amide bonds. The fourth-order valence-electron chi connectivity index (χ4n) is 1.41. The van der Waals surface area contributed by atoms with Gasteiger partial charge >= 0.3 is 0 Å². The van der Waals surface area contributed by atoms with Crippen molar-refractivity contribution < 1.29 is 4.79 Å². The normalized spacial score (nSPS) is 13.1. The lowest BCUT2D eigenvalue weighted by Crippen LogP contribution is -2.29. The number of carbonyl (C=O) groups excluding carboxylic acids is 1. The average Bonchev–Trinajstić information content (AvgIpc) is 2.52. The van der Waals surface area contributed by atoms with Crippen LogP contribution in [0.3, 0.4) is 0 Å². The molecule has 0 fully saturated rings. The summed E-state index contributed by atoms with van der Waals surface area (Å²) in [5.41, 5.74) is 0.967. The third-order valence-electron chi connectivity index (χ3n) is 1.92. The quantitative estimate of drug-likeness (QED) is 0.747. The van der Waals surface area contributed by atoms with Crippen molar-refractivity contribution in [3.8, 4) is 0 Å². The van der Waals surface area contributed by atoms with Gasteiger partial charge in [-0.2, -0.15) is 0 Å². The molecule has 1 rings (SSSR count). The first kappa shape index (κ1) is 10.9. The van der Waals surface area contributed by atoms with E-state index in [9.17, 15) is 4.79 Å². The van der Waals surface area contributed by atoms with Crippen molar-refractivity contribution in [3.63, 3.8) is 0 Å². The van der Waals surface area contributed by atoms with Gasteiger partial charge in [0.05, 0.1) is 18.1 Å². The predicted molar refractivity (Wildman–Crippen MR) is 54.9 cm³/mol. The van der Waals surface area contributed by atoms with E-state index in [-0.39, 0.29) is 11.8 Å². The van der Waals surface area contributed by atoms with E-state index < -0.39 is 0 Å². The van der Waals surface area contributed by atoms with Crippen LogP contribution in [0.2, 0.25) is 0 Å². The van der Waals surface area contributed by atoms with Crippen molar-refractivity contribution >= 4 is 5.78 Å². The first-order valence-corrected chi connectivity index (χ1v) is 4.83. The van der Waals surface area contributed by atoms with Gasteiger partial charge in [0.1, 0.15) is 5.78 Å². The van der Waals surface area contributed by atoms with E-state index in [0.29, 0.717) is 12.5 Å². The van der Waals surface area contributed by atoms with Gasteiger partial charge in [0.2, 0.25) is 0 Å². The maximum atomic E-state index is 11.1. The molecule has 0 saturated carbocycles. The number of ketones is 1. The van der Waals surface area contributed by atoms with Crippen LogP contribution in [-0.2, 0) is 4.79 Å². The highest BCUT2D eigenvalue weighted by Gasteiger charge is 2.15. The minimum Gasteiger partial charge on any atom is -0.347 e. The zero-order valence-corrected chi connectivity index (χ0v) is 8.87. The second-order valence-corrected chi connectivity index (χ2v) is 3.79. The van der Waals surface area contributed by atoms with Crippen molar-refractivity contribution in [2.75, 3.05) is 0 Å². The Kier molecular flexibility index (Phi) is 3.83. The zero-order valence-electron chi connectivity index (χ0n) is 8.87. The SMILES string of the molecule is CC(=O)CC(NC(C)C)c1cnc[nH]1. The van der Waals surface area contributed by atoms with E-state index >= 15 is 0 Å². The van der Waals surface area contributed by atoms with Crippen LogP contribution < -0.4 is 5.32 Å². The number of aromatic nitrogens is 2. The summed E-state index contributed by atoms with van der Waals surface area (Å²) in [5.74, 6) is 0.178. The van der Waals surface area contributed by atoms with Crippen LogP contribution >= 0.6 is 0 Å². The van der Waals surface area contributed by atoms with E-state index in [2.05, 4.69) is 29.1 Å². The number of carbonyl (C=O) groups is 1. The Bertz CT molecular complexity index is 280. The Balaban J connectivity index is 2.67. The number of H-pyrrole nitrogens is 1. The molecule has 2 N–H and O–H groups in total. The largest absolute Gasteiger partial charge is 0.347 e. The summed E-state index contributed by atoms with van der Waals surface area (Å²) in [6.45, 7) is 5.72. The lowest BCUT2D eigenvalue weighted by atomic mass is 10.1. The molecule has 0 spiro atoms. The van der Waals surface area contributed by atoms with Crippen molar-refractivity contribution in [3.05, 3.63) is 18.2 Å². The molecule has 1 unspecified atom stereocenters. The molecule has 0 aromatic carbocycles. The molecule has 1 aromatic heterocycles. The number of aromatic amines is 1. The fraction of sp³-hybridized carbons (Fsp3) is 0.600.